The number of rotatable bonds is 5. The zero-order chi connectivity index (χ0) is 17.8. The first-order valence-corrected chi connectivity index (χ1v) is 8.77. The molecule has 1 amide bonds. The van der Waals surface area contributed by atoms with Gasteiger partial charge in [-0.15, -0.1) is 0 Å². The van der Waals surface area contributed by atoms with Crippen molar-refractivity contribution < 1.29 is 13.9 Å². The molecular weight excluding hydrogens is 316 g/mol. The summed E-state index contributed by atoms with van der Waals surface area (Å²) in [5.74, 6) is 1.40. The fraction of sp³-hybridized carbons (Fsp3) is 0.450. The monoisotopic (exact) mass is 342 g/mol. The van der Waals surface area contributed by atoms with Crippen LogP contribution in [0.15, 0.2) is 28.7 Å². The molecule has 3 rings (SSSR count). The fourth-order valence-corrected chi connectivity index (χ4v) is 3.18. The Labute approximate surface area is 149 Å². The van der Waals surface area contributed by atoms with E-state index in [9.17, 15) is 4.79 Å². The Bertz CT molecular complexity index is 728. The third-order valence-corrected chi connectivity index (χ3v) is 4.77. The topological polar surface area (TPSA) is 54.7 Å². The number of furan rings is 1. The van der Waals surface area contributed by atoms with Crippen molar-refractivity contribution in [2.75, 3.05) is 26.3 Å². The van der Waals surface area contributed by atoms with Gasteiger partial charge in [-0.2, -0.15) is 0 Å². The molecule has 1 aliphatic rings. The Hall–Kier alpha value is -2.11. The first-order chi connectivity index (χ1) is 12.0. The zero-order valence-corrected chi connectivity index (χ0v) is 15.2. The molecule has 1 saturated heterocycles. The molecule has 1 N–H and O–H groups in total. The summed E-state index contributed by atoms with van der Waals surface area (Å²) in [6.45, 7) is 10.7. The van der Waals surface area contributed by atoms with E-state index < -0.39 is 0 Å². The maximum Gasteiger partial charge on any atom is 0.255 e. The standard InChI is InChI=1S/C20H26N2O3/c1-14-15(2)25-16(3)19(14)20(23)21-12-17-4-6-18(7-5-17)13-22-8-10-24-11-9-22/h4-7H,8-13H2,1-3H3,(H,21,23). The van der Waals surface area contributed by atoms with Gasteiger partial charge in [0, 0.05) is 31.7 Å². The number of morpholine rings is 1. The van der Waals surface area contributed by atoms with Gasteiger partial charge in [0.25, 0.3) is 5.91 Å². The summed E-state index contributed by atoms with van der Waals surface area (Å²) in [5.41, 5.74) is 3.95. The van der Waals surface area contributed by atoms with E-state index in [1.807, 2.05) is 20.8 Å². The smallest absolute Gasteiger partial charge is 0.255 e. The molecule has 1 aromatic heterocycles. The van der Waals surface area contributed by atoms with Gasteiger partial charge in [0.2, 0.25) is 0 Å². The normalized spacial score (nSPS) is 15.3. The SMILES string of the molecule is Cc1oc(C)c(C(=O)NCc2ccc(CN3CCOCC3)cc2)c1C. The Morgan fingerprint density at radius 2 is 1.68 bits per heavy atom. The zero-order valence-electron chi connectivity index (χ0n) is 15.2. The van der Waals surface area contributed by atoms with E-state index in [0.717, 1.165) is 49.7 Å². The molecule has 1 aromatic carbocycles. The van der Waals surface area contributed by atoms with Crippen LogP contribution in [0.3, 0.4) is 0 Å². The number of benzene rings is 1. The number of ether oxygens (including phenoxy) is 1. The molecule has 25 heavy (non-hydrogen) atoms. The number of nitrogens with zero attached hydrogens (tertiary/aromatic N) is 1. The molecule has 0 bridgehead atoms. The molecule has 0 radical (unpaired) electrons. The van der Waals surface area contributed by atoms with E-state index in [1.54, 1.807) is 0 Å². The summed E-state index contributed by atoms with van der Waals surface area (Å²) in [6, 6.07) is 8.43. The minimum Gasteiger partial charge on any atom is -0.466 e. The molecule has 0 spiro atoms. The number of aryl methyl sites for hydroxylation is 2. The second-order valence-corrected chi connectivity index (χ2v) is 6.60. The van der Waals surface area contributed by atoms with Crippen molar-refractivity contribution in [2.24, 2.45) is 0 Å². The van der Waals surface area contributed by atoms with Crippen LogP contribution < -0.4 is 5.32 Å². The van der Waals surface area contributed by atoms with Crippen molar-refractivity contribution >= 4 is 5.91 Å². The van der Waals surface area contributed by atoms with Crippen molar-refractivity contribution in [3.05, 3.63) is 58.0 Å². The lowest BCUT2D eigenvalue weighted by Crippen LogP contribution is -2.35. The van der Waals surface area contributed by atoms with Gasteiger partial charge in [0.1, 0.15) is 11.5 Å². The number of carbonyl (C=O) groups excluding carboxylic acids is 1. The van der Waals surface area contributed by atoms with E-state index in [4.69, 9.17) is 9.15 Å². The van der Waals surface area contributed by atoms with Crippen LogP contribution in [-0.2, 0) is 17.8 Å². The first-order valence-electron chi connectivity index (χ1n) is 8.77. The van der Waals surface area contributed by atoms with Crippen molar-refractivity contribution in [2.45, 2.75) is 33.9 Å². The van der Waals surface area contributed by atoms with Gasteiger partial charge >= 0.3 is 0 Å². The van der Waals surface area contributed by atoms with Crippen LogP contribution in [0.5, 0.6) is 0 Å². The van der Waals surface area contributed by atoms with Gasteiger partial charge in [-0.25, -0.2) is 0 Å². The van der Waals surface area contributed by atoms with Crippen molar-refractivity contribution in [1.82, 2.24) is 10.2 Å². The fourth-order valence-electron chi connectivity index (χ4n) is 3.18. The van der Waals surface area contributed by atoms with Crippen LogP contribution in [0, 0.1) is 20.8 Å². The third kappa shape index (κ3) is 4.30. The van der Waals surface area contributed by atoms with Crippen LogP contribution >= 0.6 is 0 Å². The molecular formula is C20H26N2O3. The van der Waals surface area contributed by atoms with Crippen molar-refractivity contribution in [3.8, 4) is 0 Å². The van der Waals surface area contributed by atoms with Crippen LogP contribution in [0.25, 0.3) is 0 Å². The number of amides is 1. The molecule has 0 atom stereocenters. The Morgan fingerprint density at radius 3 is 2.28 bits per heavy atom. The second-order valence-electron chi connectivity index (χ2n) is 6.60. The molecule has 5 heteroatoms. The van der Waals surface area contributed by atoms with Crippen LogP contribution in [0.2, 0.25) is 0 Å². The summed E-state index contributed by atoms with van der Waals surface area (Å²) in [6.07, 6.45) is 0. The van der Waals surface area contributed by atoms with Gasteiger partial charge in [-0.3, -0.25) is 9.69 Å². The third-order valence-electron chi connectivity index (χ3n) is 4.77. The van der Waals surface area contributed by atoms with Gasteiger partial charge in [-0.05, 0) is 31.9 Å². The minimum absolute atomic E-state index is 0.0794. The predicted molar refractivity (Wildman–Crippen MR) is 96.6 cm³/mol. The van der Waals surface area contributed by atoms with Gasteiger partial charge in [0.05, 0.1) is 18.8 Å². The molecule has 1 aliphatic heterocycles. The molecule has 2 aromatic rings. The quantitative estimate of drug-likeness (QED) is 0.908. The predicted octanol–water partition coefficient (Wildman–Crippen LogP) is 2.97. The minimum atomic E-state index is -0.0794. The van der Waals surface area contributed by atoms with Gasteiger partial charge in [0.15, 0.2) is 0 Å². The highest BCUT2D eigenvalue weighted by atomic mass is 16.5. The summed E-state index contributed by atoms with van der Waals surface area (Å²) in [7, 11) is 0. The summed E-state index contributed by atoms with van der Waals surface area (Å²) < 4.78 is 10.9. The van der Waals surface area contributed by atoms with Crippen molar-refractivity contribution in [1.29, 1.82) is 0 Å². The molecule has 0 aliphatic carbocycles. The molecule has 1 fully saturated rings. The van der Waals surface area contributed by atoms with Crippen molar-refractivity contribution in [3.63, 3.8) is 0 Å². The second kappa shape index (κ2) is 7.85. The molecule has 134 valence electrons. The molecule has 0 saturated carbocycles. The molecule has 0 unspecified atom stereocenters. The molecule has 5 nitrogen and oxygen atoms in total. The number of nitrogens with one attached hydrogen (secondary N) is 1. The lowest BCUT2D eigenvalue weighted by atomic mass is 10.1. The first kappa shape index (κ1) is 17.7. The van der Waals surface area contributed by atoms with E-state index in [0.29, 0.717) is 17.9 Å². The number of hydrogen-bond acceptors (Lipinski definition) is 4. The van der Waals surface area contributed by atoms with E-state index in [-0.39, 0.29) is 5.91 Å². The average Bonchev–Trinajstić information content (AvgIpc) is 2.87. The van der Waals surface area contributed by atoms with Gasteiger partial charge < -0.3 is 14.5 Å². The summed E-state index contributed by atoms with van der Waals surface area (Å²) >= 11 is 0. The lowest BCUT2D eigenvalue weighted by Gasteiger charge is -2.26. The van der Waals surface area contributed by atoms with Crippen LogP contribution in [0.4, 0.5) is 0 Å². The lowest BCUT2D eigenvalue weighted by molar-refractivity contribution is 0.0342. The Balaban J connectivity index is 1.55. The highest BCUT2D eigenvalue weighted by Crippen LogP contribution is 2.20. The van der Waals surface area contributed by atoms with E-state index in [1.165, 1.54) is 5.56 Å². The Morgan fingerprint density at radius 1 is 1.04 bits per heavy atom. The number of carbonyl (C=O) groups is 1. The van der Waals surface area contributed by atoms with E-state index >= 15 is 0 Å². The average molecular weight is 342 g/mol. The summed E-state index contributed by atoms with van der Waals surface area (Å²) in [5, 5.41) is 2.99. The van der Waals surface area contributed by atoms with Gasteiger partial charge in [-0.1, -0.05) is 24.3 Å². The molecule has 2 heterocycles. The van der Waals surface area contributed by atoms with Crippen LogP contribution in [-0.4, -0.2) is 37.1 Å². The Kier molecular flexibility index (Phi) is 5.56. The number of hydrogen-bond donors (Lipinski definition) is 1. The van der Waals surface area contributed by atoms with E-state index in [2.05, 4.69) is 34.5 Å². The highest BCUT2D eigenvalue weighted by molar-refractivity contribution is 5.96. The maximum absolute atomic E-state index is 12.4. The highest BCUT2D eigenvalue weighted by Gasteiger charge is 2.18. The maximum atomic E-state index is 12.4. The van der Waals surface area contributed by atoms with Crippen LogP contribution in [0.1, 0.15) is 38.6 Å². The largest absolute Gasteiger partial charge is 0.466 e. The summed E-state index contributed by atoms with van der Waals surface area (Å²) in [4.78, 5) is 14.8.